The number of carbonyl (C=O) groups excluding carboxylic acids is 1. The summed E-state index contributed by atoms with van der Waals surface area (Å²) in [6, 6.07) is 12.4. The van der Waals surface area contributed by atoms with Crippen LogP contribution in [0.25, 0.3) is 11.0 Å². The summed E-state index contributed by atoms with van der Waals surface area (Å²) in [4.78, 5) is 24.9. The SMILES string of the molecule is CC(C)COC(=O)C(C)Oc1ccc2c(=O)c(Oc3ccccc3C(C)C)coc2c1. The van der Waals surface area contributed by atoms with E-state index in [9.17, 15) is 9.59 Å². The van der Waals surface area contributed by atoms with E-state index in [-0.39, 0.29) is 23.0 Å². The van der Waals surface area contributed by atoms with E-state index in [2.05, 4.69) is 13.8 Å². The summed E-state index contributed by atoms with van der Waals surface area (Å²) < 4.78 is 22.4. The Morgan fingerprint density at radius 2 is 1.74 bits per heavy atom. The Bertz CT molecular complexity index is 1110. The number of hydrogen-bond acceptors (Lipinski definition) is 6. The Balaban J connectivity index is 1.80. The molecule has 0 saturated heterocycles. The van der Waals surface area contributed by atoms with E-state index in [4.69, 9.17) is 18.6 Å². The van der Waals surface area contributed by atoms with Crippen molar-refractivity contribution in [1.82, 2.24) is 0 Å². The summed E-state index contributed by atoms with van der Waals surface area (Å²) in [6.07, 6.45) is 0.518. The highest BCUT2D eigenvalue weighted by Crippen LogP contribution is 2.30. The van der Waals surface area contributed by atoms with Gasteiger partial charge in [0.2, 0.25) is 11.2 Å². The Hall–Kier alpha value is -3.28. The second-order valence-corrected chi connectivity index (χ2v) is 8.17. The number of carbonyl (C=O) groups is 1. The number of ether oxygens (including phenoxy) is 3. The number of esters is 1. The molecule has 6 nitrogen and oxygen atoms in total. The van der Waals surface area contributed by atoms with Gasteiger partial charge in [0.15, 0.2) is 6.10 Å². The molecule has 31 heavy (non-hydrogen) atoms. The van der Waals surface area contributed by atoms with Crippen LogP contribution in [0.2, 0.25) is 0 Å². The van der Waals surface area contributed by atoms with Gasteiger partial charge in [-0.15, -0.1) is 0 Å². The lowest BCUT2D eigenvalue weighted by atomic mass is 10.0. The molecule has 0 bridgehead atoms. The summed E-state index contributed by atoms with van der Waals surface area (Å²) in [5.41, 5.74) is 1.06. The quantitative estimate of drug-likeness (QED) is 0.433. The summed E-state index contributed by atoms with van der Waals surface area (Å²) in [5, 5.41) is 0.363. The number of benzene rings is 2. The van der Waals surface area contributed by atoms with Crippen molar-refractivity contribution in [2.75, 3.05) is 6.61 Å². The van der Waals surface area contributed by atoms with Gasteiger partial charge in [-0.1, -0.05) is 45.9 Å². The molecule has 0 aliphatic carbocycles. The lowest BCUT2D eigenvalue weighted by molar-refractivity contribution is -0.152. The van der Waals surface area contributed by atoms with Gasteiger partial charge in [0.1, 0.15) is 23.3 Å². The van der Waals surface area contributed by atoms with Crippen LogP contribution in [0.3, 0.4) is 0 Å². The average Bonchev–Trinajstić information content (AvgIpc) is 2.74. The molecule has 3 aromatic rings. The zero-order valence-electron chi connectivity index (χ0n) is 18.5. The summed E-state index contributed by atoms with van der Waals surface area (Å²) in [5.74, 6) is 1.19. The van der Waals surface area contributed by atoms with Crippen molar-refractivity contribution in [1.29, 1.82) is 0 Å². The first-order valence-electron chi connectivity index (χ1n) is 10.4. The van der Waals surface area contributed by atoms with E-state index in [1.54, 1.807) is 25.1 Å². The Morgan fingerprint density at radius 3 is 2.45 bits per heavy atom. The molecule has 0 aliphatic rings. The summed E-state index contributed by atoms with van der Waals surface area (Å²) in [6.45, 7) is 10.00. The van der Waals surface area contributed by atoms with Crippen LogP contribution >= 0.6 is 0 Å². The van der Waals surface area contributed by atoms with Gasteiger partial charge < -0.3 is 18.6 Å². The largest absolute Gasteiger partial charge is 0.479 e. The average molecular weight is 424 g/mol. The smallest absolute Gasteiger partial charge is 0.347 e. The highest BCUT2D eigenvalue weighted by Gasteiger charge is 2.18. The Kier molecular flexibility index (Phi) is 7.00. The fourth-order valence-electron chi connectivity index (χ4n) is 3.02. The molecule has 0 fully saturated rings. The molecular formula is C25H28O6. The normalized spacial score (nSPS) is 12.2. The van der Waals surface area contributed by atoms with Crippen molar-refractivity contribution >= 4 is 16.9 Å². The lowest BCUT2D eigenvalue weighted by Crippen LogP contribution is -2.27. The van der Waals surface area contributed by atoms with E-state index in [1.807, 2.05) is 38.1 Å². The van der Waals surface area contributed by atoms with Gasteiger partial charge in [-0.2, -0.15) is 0 Å². The maximum absolute atomic E-state index is 12.9. The van der Waals surface area contributed by atoms with Crippen molar-refractivity contribution in [3.05, 3.63) is 64.5 Å². The van der Waals surface area contributed by atoms with Gasteiger partial charge in [-0.25, -0.2) is 4.79 Å². The van der Waals surface area contributed by atoms with Crippen molar-refractivity contribution in [3.8, 4) is 17.2 Å². The van der Waals surface area contributed by atoms with E-state index in [1.165, 1.54) is 6.26 Å². The predicted molar refractivity (Wildman–Crippen MR) is 119 cm³/mol. The molecular weight excluding hydrogens is 396 g/mol. The maximum Gasteiger partial charge on any atom is 0.347 e. The van der Waals surface area contributed by atoms with E-state index in [0.717, 1.165) is 5.56 Å². The number of hydrogen-bond donors (Lipinski definition) is 0. The molecule has 0 spiro atoms. The van der Waals surface area contributed by atoms with Gasteiger partial charge in [0.05, 0.1) is 12.0 Å². The first-order chi connectivity index (χ1) is 14.8. The second kappa shape index (κ2) is 9.69. The van der Waals surface area contributed by atoms with Gasteiger partial charge >= 0.3 is 5.97 Å². The number of fused-ring (bicyclic) bond motifs is 1. The van der Waals surface area contributed by atoms with Crippen molar-refractivity contribution in [3.63, 3.8) is 0 Å². The molecule has 2 aromatic carbocycles. The fraction of sp³-hybridized carbons (Fsp3) is 0.360. The second-order valence-electron chi connectivity index (χ2n) is 8.17. The van der Waals surface area contributed by atoms with Gasteiger partial charge in [-0.3, -0.25) is 4.79 Å². The zero-order chi connectivity index (χ0) is 22.5. The third-order valence-corrected chi connectivity index (χ3v) is 4.68. The minimum Gasteiger partial charge on any atom is -0.479 e. The minimum absolute atomic E-state index is 0.111. The van der Waals surface area contributed by atoms with E-state index < -0.39 is 12.1 Å². The van der Waals surface area contributed by atoms with Crippen molar-refractivity contribution in [2.45, 2.75) is 46.6 Å². The molecule has 3 rings (SSSR count). The molecule has 0 saturated carbocycles. The Morgan fingerprint density at radius 1 is 1.00 bits per heavy atom. The van der Waals surface area contributed by atoms with E-state index in [0.29, 0.717) is 29.1 Å². The minimum atomic E-state index is -0.780. The molecule has 0 aliphatic heterocycles. The number of rotatable bonds is 8. The van der Waals surface area contributed by atoms with Crippen LogP contribution in [0.4, 0.5) is 0 Å². The number of para-hydroxylation sites is 1. The summed E-state index contributed by atoms with van der Waals surface area (Å²) >= 11 is 0. The zero-order valence-corrected chi connectivity index (χ0v) is 18.5. The molecule has 1 atom stereocenters. The first-order valence-corrected chi connectivity index (χ1v) is 10.4. The standard InChI is InChI=1S/C25H28O6/c1-15(2)13-29-25(27)17(5)30-18-10-11-20-22(12-18)28-14-23(24(20)26)31-21-9-7-6-8-19(21)16(3)4/h6-12,14-17H,13H2,1-5H3. The highest BCUT2D eigenvalue weighted by atomic mass is 16.6. The molecule has 1 heterocycles. The Labute approximate surface area is 181 Å². The van der Waals surface area contributed by atoms with Gasteiger partial charge in [0.25, 0.3) is 0 Å². The monoisotopic (exact) mass is 424 g/mol. The van der Waals surface area contributed by atoms with Crippen LogP contribution in [-0.2, 0) is 9.53 Å². The van der Waals surface area contributed by atoms with Crippen LogP contribution in [0.1, 0.15) is 46.1 Å². The first kappa shape index (κ1) is 22.4. The molecule has 164 valence electrons. The lowest BCUT2D eigenvalue weighted by Gasteiger charge is -2.15. The van der Waals surface area contributed by atoms with E-state index >= 15 is 0 Å². The van der Waals surface area contributed by atoms with Crippen LogP contribution in [0.15, 0.2) is 57.9 Å². The maximum atomic E-state index is 12.9. The topological polar surface area (TPSA) is 75.0 Å². The molecule has 1 aromatic heterocycles. The predicted octanol–water partition coefficient (Wildman–Crippen LogP) is 5.68. The summed E-state index contributed by atoms with van der Waals surface area (Å²) in [7, 11) is 0. The van der Waals surface area contributed by atoms with Crippen molar-refractivity contribution < 1.29 is 23.4 Å². The van der Waals surface area contributed by atoms with Crippen LogP contribution in [0.5, 0.6) is 17.2 Å². The third kappa shape index (κ3) is 5.45. The van der Waals surface area contributed by atoms with Crippen LogP contribution in [-0.4, -0.2) is 18.7 Å². The molecule has 0 N–H and O–H groups in total. The highest BCUT2D eigenvalue weighted by molar-refractivity contribution is 5.79. The third-order valence-electron chi connectivity index (χ3n) is 4.68. The van der Waals surface area contributed by atoms with Crippen molar-refractivity contribution in [2.24, 2.45) is 5.92 Å². The molecule has 0 radical (unpaired) electrons. The molecule has 0 amide bonds. The van der Waals surface area contributed by atoms with Gasteiger partial charge in [0, 0.05) is 6.07 Å². The van der Waals surface area contributed by atoms with Crippen LogP contribution in [0, 0.1) is 5.92 Å². The van der Waals surface area contributed by atoms with Gasteiger partial charge in [-0.05, 0) is 42.5 Å². The van der Waals surface area contributed by atoms with Crippen LogP contribution < -0.4 is 14.9 Å². The molecule has 1 unspecified atom stereocenters. The molecule has 6 heteroatoms. The fourth-order valence-corrected chi connectivity index (χ4v) is 3.02.